The molecule has 0 saturated heterocycles. The van der Waals surface area contributed by atoms with Crippen molar-refractivity contribution in [2.24, 2.45) is 4.99 Å². The van der Waals surface area contributed by atoms with Gasteiger partial charge in [0, 0.05) is 12.1 Å². The summed E-state index contributed by atoms with van der Waals surface area (Å²) in [5, 5.41) is 0. The fraction of sp³-hybridized carbons (Fsp3) is 0. The molecule has 1 aromatic carbocycles. The first-order valence-electron chi connectivity index (χ1n) is 2.83. The smallest absolute Gasteiger partial charge is 0.240 e. The van der Waals surface area contributed by atoms with E-state index in [2.05, 4.69) is 10.7 Å². The van der Waals surface area contributed by atoms with Gasteiger partial charge in [-0.25, -0.2) is 4.79 Å². The van der Waals surface area contributed by atoms with Gasteiger partial charge in [0.1, 0.15) is 5.69 Å². The number of carbonyl (C=O) groups excluding carboxylic acids is 1. The Morgan fingerprint density at radius 1 is 1.30 bits per heavy atom. The van der Waals surface area contributed by atoms with E-state index in [1.165, 1.54) is 6.08 Å². The van der Waals surface area contributed by atoms with Crippen LogP contribution < -0.4 is 5.73 Å². The summed E-state index contributed by atoms with van der Waals surface area (Å²) < 4.78 is 0. The van der Waals surface area contributed by atoms with Crippen LogP contribution in [0.5, 0.6) is 0 Å². The first-order valence-corrected chi connectivity index (χ1v) is 2.83. The van der Waals surface area contributed by atoms with Gasteiger partial charge in [-0.15, -0.1) is 0 Å². The van der Waals surface area contributed by atoms with Gasteiger partial charge < -0.3 is 5.73 Å². The van der Waals surface area contributed by atoms with Crippen LogP contribution in [0.25, 0.3) is 0 Å². The number of benzene rings is 1. The number of rotatable bonds is 1. The number of isocyanates is 1. The lowest BCUT2D eigenvalue weighted by Gasteiger charge is -1.87. The Labute approximate surface area is 58.2 Å². The lowest BCUT2D eigenvalue weighted by Crippen LogP contribution is -2.39. The predicted octanol–water partition coefficient (Wildman–Crippen LogP) is 0.527. The summed E-state index contributed by atoms with van der Waals surface area (Å²) in [5.74, 6) is 0. The van der Waals surface area contributed by atoms with Crippen molar-refractivity contribution in [1.82, 2.24) is 0 Å². The van der Waals surface area contributed by atoms with Crippen LogP contribution in [0.4, 0.5) is 11.4 Å². The monoisotopic (exact) mass is 135 g/mol. The van der Waals surface area contributed by atoms with Gasteiger partial charge in [-0.3, -0.25) is 0 Å². The van der Waals surface area contributed by atoms with Crippen molar-refractivity contribution in [2.75, 3.05) is 0 Å². The first-order chi connectivity index (χ1) is 4.83. The van der Waals surface area contributed by atoms with Gasteiger partial charge in [0.25, 0.3) is 0 Å². The van der Waals surface area contributed by atoms with Crippen molar-refractivity contribution in [3.8, 4) is 0 Å². The Kier molecular flexibility index (Phi) is 1.95. The van der Waals surface area contributed by atoms with E-state index in [1.807, 2.05) is 0 Å². The highest BCUT2D eigenvalue weighted by molar-refractivity contribution is 5.50. The molecule has 3 heteroatoms. The molecular weight excluding hydrogens is 128 g/mol. The molecule has 0 bridgehead atoms. The highest BCUT2D eigenvalue weighted by atomic mass is 16.1. The largest absolute Gasteiger partial charge is 0.325 e. The predicted molar refractivity (Wildman–Crippen MR) is 36.8 cm³/mol. The number of quaternary nitrogens is 1. The highest BCUT2D eigenvalue weighted by Gasteiger charge is 1.88. The van der Waals surface area contributed by atoms with E-state index in [9.17, 15) is 4.79 Å². The van der Waals surface area contributed by atoms with Crippen LogP contribution in [0.15, 0.2) is 29.3 Å². The van der Waals surface area contributed by atoms with Crippen molar-refractivity contribution in [2.45, 2.75) is 0 Å². The second-order valence-electron chi connectivity index (χ2n) is 1.87. The molecular formula is C7H7N2O+. The molecule has 1 aromatic rings. The quantitative estimate of drug-likeness (QED) is 0.443. The normalized spacial score (nSPS) is 8.50. The molecule has 0 atom stereocenters. The van der Waals surface area contributed by atoms with Crippen LogP contribution in [0.1, 0.15) is 0 Å². The Bertz CT molecular complexity index is 259. The maximum atomic E-state index is 9.75. The van der Waals surface area contributed by atoms with E-state index in [0.29, 0.717) is 5.69 Å². The van der Waals surface area contributed by atoms with E-state index in [4.69, 9.17) is 0 Å². The van der Waals surface area contributed by atoms with Gasteiger partial charge in [0.05, 0.1) is 5.69 Å². The van der Waals surface area contributed by atoms with Crippen molar-refractivity contribution in [3.05, 3.63) is 24.3 Å². The molecule has 0 saturated carbocycles. The van der Waals surface area contributed by atoms with Gasteiger partial charge in [-0.2, -0.15) is 4.99 Å². The molecule has 0 aliphatic heterocycles. The van der Waals surface area contributed by atoms with Gasteiger partial charge in [-0.05, 0) is 12.1 Å². The fourth-order valence-electron chi connectivity index (χ4n) is 0.623. The molecule has 0 heterocycles. The van der Waals surface area contributed by atoms with Crippen LogP contribution in [-0.2, 0) is 4.79 Å². The topological polar surface area (TPSA) is 57.1 Å². The summed E-state index contributed by atoms with van der Waals surface area (Å²) >= 11 is 0. The number of hydrogen-bond donors (Lipinski definition) is 1. The minimum Gasteiger partial charge on any atom is -0.325 e. The summed E-state index contributed by atoms with van der Waals surface area (Å²) in [7, 11) is 0. The average molecular weight is 135 g/mol. The Balaban J connectivity index is 3.00. The third-order valence-corrected chi connectivity index (χ3v) is 1.11. The Morgan fingerprint density at radius 3 is 2.40 bits per heavy atom. The number of nitrogens with zero attached hydrogens (tertiary/aromatic N) is 1. The average Bonchev–Trinajstić information content (AvgIpc) is 1.95. The van der Waals surface area contributed by atoms with Gasteiger partial charge in [0.15, 0.2) is 0 Å². The molecule has 3 N–H and O–H groups in total. The molecule has 0 aliphatic rings. The molecule has 1 rings (SSSR count). The van der Waals surface area contributed by atoms with Crippen LogP contribution in [0.2, 0.25) is 0 Å². The molecule has 0 spiro atoms. The SMILES string of the molecule is [NH3+]c1ccc(N=C=O)cc1. The number of hydrogen-bond acceptors (Lipinski definition) is 2. The molecule has 3 nitrogen and oxygen atoms in total. The fourth-order valence-corrected chi connectivity index (χ4v) is 0.623. The molecule has 0 unspecified atom stereocenters. The van der Waals surface area contributed by atoms with Crippen LogP contribution in [0.3, 0.4) is 0 Å². The summed E-state index contributed by atoms with van der Waals surface area (Å²) in [6, 6.07) is 7.01. The van der Waals surface area contributed by atoms with E-state index >= 15 is 0 Å². The van der Waals surface area contributed by atoms with E-state index in [0.717, 1.165) is 5.69 Å². The minimum absolute atomic E-state index is 0.613. The zero-order valence-electron chi connectivity index (χ0n) is 5.37. The molecule has 0 aromatic heterocycles. The molecule has 0 fully saturated rings. The molecule has 0 radical (unpaired) electrons. The van der Waals surface area contributed by atoms with Gasteiger partial charge in [0.2, 0.25) is 6.08 Å². The highest BCUT2D eigenvalue weighted by Crippen LogP contribution is 2.11. The minimum atomic E-state index is 0.613. The maximum Gasteiger partial charge on any atom is 0.240 e. The standard InChI is InChI=1S/C7H6N2O/c8-6-1-3-7(4-2-6)9-5-10/h1-4H,8H2/p+1. The third-order valence-electron chi connectivity index (χ3n) is 1.11. The summed E-state index contributed by atoms with van der Waals surface area (Å²) in [5.41, 5.74) is 5.20. The lowest BCUT2D eigenvalue weighted by molar-refractivity contribution is -0.254. The second-order valence-corrected chi connectivity index (χ2v) is 1.87. The zero-order valence-corrected chi connectivity index (χ0v) is 5.37. The third kappa shape index (κ3) is 1.52. The van der Waals surface area contributed by atoms with Crippen molar-refractivity contribution >= 4 is 17.5 Å². The van der Waals surface area contributed by atoms with Gasteiger partial charge >= 0.3 is 0 Å². The summed E-state index contributed by atoms with van der Waals surface area (Å²) in [6.07, 6.45) is 1.46. The van der Waals surface area contributed by atoms with E-state index < -0.39 is 0 Å². The van der Waals surface area contributed by atoms with Crippen molar-refractivity contribution < 1.29 is 10.5 Å². The second kappa shape index (κ2) is 2.92. The zero-order chi connectivity index (χ0) is 7.40. The Morgan fingerprint density at radius 2 is 1.90 bits per heavy atom. The molecule has 0 aliphatic carbocycles. The van der Waals surface area contributed by atoms with E-state index in [1.54, 1.807) is 24.3 Å². The van der Waals surface area contributed by atoms with Gasteiger partial charge in [-0.1, -0.05) is 0 Å². The Hall–Kier alpha value is -1.44. The summed E-state index contributed by atoms with van der Waals surface area (Å²) in [4.78, 5) is 13.2. The summed E-state index contributed by atoms with van der Waals surface area (Å²) in [6.45, 7) is 0. The number of aliphatic imine (C=N–C) groups is 1. The maximum absolute atomic E-state index is 9.75. The van der Waals surface area contributed by atoms with Crippen LogP contribution in [0, 0.1) is 0 Å². The molecule has 50 valence electrons. The first kappa shape index (κ1) is 6.68. The van der Waals surface area contributed by atoms with Crippen molar-refractivity contribution in [1.29, 1.82) is 0 Å². The van der Waals surface area contributed by atoms with E-state index in [-0.39, 0.29) is 0 Å². The molecule has 10 heavy (non-hydrogen) atoms. The lowest BCUT2D eigenvalue weighted by atomic mass is 10.3. The van der Waals surface area contributed by atoms with Crippen LogP contribution >= 0.6 is 0 Å². The molecule has 0 amide bonds. The van der Waals surface area contributed by atoms with Crippen molar-refractivity contribution in [3.63, 3.8) is 0 Å². The van der Waals surface area contributed by atoms with Crippen LogP contribution in [-0.4, -0.2) is 6.08 Å².